The average molecular weight is 278 g/mol. The molecule has 1 amide bonds. The second-order valence-electron chi connectivity index (χ2n) is 5.03. The molecule has 5 heteroatoms. The maximum absolute atomic E-state index is 11.9. The van der Waals surface area contributed by atoms with Gasteiger partial charge in [0.2, 0.25) is 5.91 Å². The first-order valence-electron chi connectivity index (χ1n) is 7.07. The minimum absolute atomic E-state index is 0.110. The van der Waals surface area contributed by atoms with Crippen LogP contribution in [-0.4, -0.2) is 25.2 Å². The smallest absolute Gasteiger partial charge is 0.237 e. The first-order chi connectivity index (χ1) is 9.61. The number of benzene rings is 1. The zero-order valence-corrected chi connectivity index (χ0v) is 12.0. The Morgan fingerprint density at radius 2 is 2.05 bits per heavy atom. The van der Waals surface area contributed by atoms with Gasteiger partial charge in [0.25, 0.3) is 0 Å². The fourth-order valence-electron chi connectivity index (χ4n) is 2.18. The first-order valence-corrected chi connectivity index (χ1v) is 7.07. The monoisotopic (exact) mass is 278 g/mol. The Hall–Kier alpha value is -1.75. The van der Waals surface area contributed by atoms with E-state index in [2.05, 4.69) is 5.32 Å². The summed E-state index contributed by atoms with van der Waals surface area (Å²) in [6.45, 7) is 5.07. The first kappa shape index (κ1) is 14.7. The van der Waals surface area contributed by atoms with E-state index in [0.717, 1.165) is 23.5 Å². The van der Waals surface area contributed by atoms with E-state index in [1.165, 1.54) is 0 Å². The number of fused-ring (bicyclic) bond motifs is 1. The van der Waals surface area contributed by atoms with Gasteiger partial charge in [0.1, 0.15) is 13.2 Å². The second kappa shape index (κ2) is 6.61. The number of nitrogens with one attached hydrogen (secondary N) is 1. The zero-order chi connectivity index (χ0) is 14.5. The van der Waals surface area contributed by atoms with Crippen LogP contribution in [0.5, 0.6) is 11.5 Å². The maximum Gasteiger partial charge on any atom is 0.237 e. The Morgan fingerprint density at radius 3 is 2.75 bits per heavy atom. The molecule has 5 nitrogen and oxygen atoms in total. The summed E-state index contributed by atoms with van der Waals surface area (Å²) in [5.41, 5.74) is 6.79. The molecule has 0 bridgehead atoms. The van der Waals surface area contributed by atoms with Crippen molar-refractivity contribution in [2.45, 2.75) is 38.8 Å². The Balaban J connectivity index is 2.02. The van der Waals surface area contributed by atoms with Crippen LogP contribution >= 0.6 is 0 Å². The third kappa shape index (κ3) is 3.42. The summed E-state index contributed by atoms with van der Waals surface area (Å²) in [5.74, 6) is 1.36. The molecular weight excluding hydrogens is 256 g/mol. The Kier molecular flexibility index (Phi) is 4.84. The van der Waals surface area contributed by atoms with Crippen LogP contribution in [0.1, 0.15) is 38.3 Å². The van der Waals surface area contributed by atoms with Crippen molar-refractivity contribution in [2.24, 2.45) is 5.73 Å². The molecule has 0 fully saturated rings. The number of carbonyl (C=O) groups is 1. The van der Waals surface area contributed by atoms with Crippen molar-refractivity contribution in [1.82, 2.24) is 5.32 Å². The van der Waals surface area contributed by atoms with Crippen molar-refractivity contribution in [3.63, 3.8) is 0 Å². The minimum atomic E-state index is -0.445. The molecule has 1 aliphatic rings. The van der Waals surface area contributed by atoms with Crippen molar-refractivity contribution < 1.29 is 14.3 Å². The summed E-state index contributed by atoms with van der Waals surface area (Å²) in [6, 6.07) is 5.16. The van der Waals surface area contributed by atoms with E-state index in [1.807, 2.05) is 32.0 Å². The summed E-state index contributed by atoms with van der Waals surface area (Å²) in [5, 5.41) is 2.93. The molecule has 0 radical (unpaired) electrons. The Morgan fingerprint density at radius 1 is 1.35 bits per heavy atom. The summed E-state index contributed by atoms with van der Waals surface area (Å²) in [4.78, 5) is 11.9. The van der Waals surface area contributed by atoms with E-state index in [-0.39, 0.29) is 11.9 Å². The molecule has 3 N–H and O–H groups in total. The third-order valence-electron chi connectivity index (χ3n) is 3.36. The van der Waals surface area contributed by atoms with Gasteiger partial charge in [-0.25, -0.2) is 0 Å². The van der Waals surface area contributed by atoms with Gasteiger partial charge < -0.3 is 20.5 Å². The fourth-order valence-corrected chi connectivity index (χ4v) is 2.18. The van der Waals surface area contributed by atoms with Crippen molar-refractivity contribution in [3.8, 4) is 11.5 Å². The van der Waals surface area contributed by atoms with Crippen LogP contribution < -0.4 is 20.5 Å². The Labute approximate surface area is 119 Å². The van der Waals surface area contributed by atoms with Gasteiger partial charge in [-0.05, 0) is 31.0 Å². The van der Waals surface area contributed by atoms with Crippen LogP contribution in [0.25, 0.3) is 0 Å². The fraction of sp³-hybridized carbons (Fsp3) is 0.533. The van der Waals surface area contributed by atoms with E-state index in [1.54, 1.807) is 0 Å². The summed E-state index contributed by atoms with van der Waals surface area (Å²) in [7, 11) is 0. The van der Waals surface area contributed by atoms with Crippen LogP contribution in [0, 0.1) is 0 Å². The van der Waals surface area contributed by atoms with Gasteiger partial charge in [-0.3, -0.25) is 4.79 Å². The van der Waals surface area contributed by atoms with Crippen LogP contribution in [0.3, 0.4) is 0 Å². The number of carbonyl (C=O) groups excluding carboxylic acids is 1. The molecule has 1 aromatic rings. The van der Waals surface area contributed by atoms with Crippen molar-refractivity contribution in [2.75, 3.05) is 13.2 Å². The molecule has 1 aliphatic heterocycles. The molecule has 0 saturated carbocycles. The molecule has 20 heavy (non-hydrogen) atoms. The van der Waals surface area contributed by atoms with E-state index >= 15 is 0 Å². The number of amides is 1. The number of rotatable bonds is 5. The number of hydrogen-bond donors (Lipinski definition) is 2. The SMILES string of the molecule is CCC[C@H](N)C(=O)NC(C)c1ccc2c(c1)OCCO2. The largest absolute Gasteiger partial charge is 0.486 e. The van der Waals surface area contributed by atoms with Gasteiger partial charge in [0, 0.05) is 0 Å². The highest BCUT2D eigenvalue weighted by atomic mass is 16.6. The molecule has 0 aromatic heterocycles. The van der Waals surface area contributed by atoms with Gasteiger partial charge in [-0.1, -0.05) is 19.4 Å². The Bertz CT molecular complexity index is 476. The summed E-state index contributed by atoms with van der Waals surface area (Å²) in [6.07, 6.45) is 1.59. The van der Waals surface area contributed by atoms with E-state index in [9.17, 15) is 4.79 Å². The zero-order valence-electron chi connectivity index (χ0n) is 12.0. The highest BCUT2D eigenvalue weighted by Crippen LogP contribution is 2.32. The molecule has 0 saturated heterocycles. The lowest BCUT2D eigenvalue weighted by molar-refractivity contribution is -0.123. The molecule has 1 heterocycles. The van der Waals surface area contributed by atoms with Gasteiger partial charge >= 0.3 is 0 Å². The lowest BCUT2D eigenvalue weighted by atomic mass is 10.1. The number of nitrogens with two attached hydrogens (primary N) is 1. The molecule has 1 unspecified atom stereocenters. The summed E-state index contributed by atoms with van der Waals surface area (Å²) < 4.78 is 11.0. The molecular formula is C15H22N2O3. The second-order valence-corrected chi connectivity index (χ2v) is 5.03. The van der Waals surface area contributed by atoms with Crippen LogP contribution in [0.15, 0.2) is 18.2 Å². The lowest BCUT2D eigenvalue weighted by Gasteiger charge is -2.22. The third-order valence-corrected chi connectivity index (χ3v) is 3.36. The molecule has 0 aliphatic carbocycles. The number of ether oxygens (including phenoxy) is 2. The van der Waals surface area contributed by atoms with Crippen molar-refractivity contribution in [3.05, 3.63) is 23.8 Å². The highest BCUT2D eigenvalue weighted by Gasteiger charge is 2.18. The van der Waals surface area contributed by atoms with Gasteiger partial charge in [0.05, 0.1) is 12.1 Å². The maximum atomic E-state index is 11.9. The van der Waals surface area contributed by atoms with Gasteiger partial charge in [-0.2, -0.15) is 0 Å². The number of hydrogen-bond acceptors (Lipinski definition) is 4. The molecule has 110 valence electrons. The quantitative estimate of drug-likeness (QED) is 0.860. The minimum Gasteiger partial charge on any atom is -0.486 e. The molecule has 2 rings (SSSR count). The van der Waals surface area contributed by atoms with Crippen LogP contribution in [0.2, 0.25) is 0 Å². The van der Waals surface area contributed by atoms with Crippen LogP contribution in [0.4, 0.5) is 0 Å². The highest BCUT2D eigenvalue weighted by molar-refractivity contribution is 5.81. The topological polar surface area (TPSA) is 73.6 Å². The molecule has 2 atom stereocenters. The van der Waals surface area contributed by atoms with Gasteiger partial charge in [0.15, 0.2) is 11.5 Å². The standard InChI is InChI=1S/C15H22N2O3/c1-3-4-12(16)15(18)17-10(2)11-5-6-13-14(9-11)20-8-7-19-13/h5-6,9-10,12H,3-4,7-8,16H2,1-2H3,(H,17,18)/t10?,12-/m0/s1. The summed E-state index contributed by atoms with van der Waals surface area (Å²) >= 11 is 0. The van der Waals surface area contributed by atoms with Crippen molar-refractivity contribution in [1.29, 1.82) is 0 Å². The van der Waals surface area contributed by atoms with Crippen molar-refractivity contribution >= 4 is 5.91 Å². The van der Waals surface area contributed by atoms with Crippen LogP contribution in [-0.2, 0) is 4.79 Å². The van der Waals surface area contributed by atoms with E-state index in [0.29, 0.717) is 19.6 Å². The lowest BCUT2D eigenvalue weighted by Crippen LogP contribution is -2.41. The van der Waals surface area contributed by atoms with E-state index < -0.39 is 6.04 Å². The van der Waals surface area contributed by atoms with E-state index in [4.69, 9.17) is 15.2 Å². The predicted octanol–water partition coefficient (Wildman–Crippen LogP) is 1.76. The molecule has 1 aromatic carbocycles. The predicted molar refractivity (Wildman–Crippen MR) is 76.9 cm³/mol. The van der Waals surface area contributed by atoms with Gasteiger partial charge in [-0.15, -0.1) is 0 Å². The average Bonchev–Trinajstić information content (AvgIpc) is 2.46. The normalized spacial score (nSPS) is 16.4. The molecule has 0 spiro atoms.